The summed E-state index contributed by atoms with van der Waals surface area (Å²) < 4.78 is 11.5. The zero-order valence-corrected chi connectivity index (χ0v) is 30.4. The summed E-state index contributed by atoms with van der Waals surface area (Å²) >= 11 is 0. The lowest BCUT2D eigenvalue weighted by Gasteiger charge is -2.38. The highest BCUT2D eigenvalue weighted by Crippen LogP contribution is 2.66. The van der Waals surface area contributed by atoms with Crippen molar-refractivity contribution in [3.8, 4) is 0 Å². The van der Waals surface area contributed by atoms with Crippen LogP contribution in [0.2, 0.25) is 0 Å². The molecule has 5 nitrogen and oxygen atoms in total. The summed E-state index contributed by atoms with van der Waals surface area (Å²) in [5.41, 5.74) is 0.414. The van der Waals surface area contributed by atoms with Gasteiger partial charge in [0, 0.05) is 31.1 Å². The Morgan fingerprint density at radius 3 is 1.64 bits per heavy atom. The third-order valence-corrected chi connectivity index (χ3v) is 11.9. The third kappa shape index (κ3) is 14.5. The topological polar surface area (TPSA) is 69.7 Å². The normalized spacial score (nSPS) is 21.8. The van der Waals surface area contributed by atoms with E-state index < -0.39 is 0 Å². The number of hydrogen-bond acceptors (Lipinski definition) is 5. The summed E-state index contributed by atoms with van der Waals surface area (Å²) in [7, 11) is 0. The Balaban J connectivity index is 1.37. The molecule has 0 aromatic heterocycles. The largest absolute Gasteiger partial charge is 0.466 e. The molecule has 0 heterocycles. The van der Waals surface area contributed by atoms with Crippen LogP contribution in [-0.4, -0.2) is 30.4 Å². The first-order valence-electron chi connectivity index (χ1n) is 19.5. The Morgan fingerprint density at radius 2 is 1.16 bits per heavy atom. The van der Waals surface area contributed by atoms with E-state index in [2.05, 4.69) is 34.6 Å². The molecule has 0 aromatic rings. The molecule has 0 spiro atoms. The molecule has 2 bridgehead atoms. The maximum Gasteiger partial charge on any atom is 0.306 e. The van der Waals surface area contributed by atoms with Crippen LogP contribution in [0.15, 0.2) is 0 Å². The number of fused-ring (bicyclic) bond motifs is 2. The molecule has 2 fully saturated rings. The Hall–Kier alpha value is -1.39. The molecule has 0 amide bonds. The fourth-order valence-electron chi connectivity index (χ4n) is 8.11. The van der Waals surface area contributed by atoms with Gasteiger partial charge in [-0.15, -0.1) is 0 Å². The number of ketones is 1. The molecule has 2 aliphatic carbocycles. The van der Waals surface area contributed by atoms with Crippen LogP contribution in [-0.2, 0) is 23.9 Å². The van der Waals surface area contributed by atoms with Crippen LogP contribution >= 0.6 is 0 Å². The van der Waals surface area contributed by atoms with Crippen molar-refractivity contribution >= 4 is 17.7 Å². The molecule has 5 heteroatoms. The van der Waals surface area contributed by atoms with Gasteiger partial charge in [-0.25, -0.2) is 0 Å². The highest BCUT2D eigenvalue weighted by molar-refractivity contribution is 5.78. The Kier molecular flexibility index (Phi) is 19.7. The van der Waals surface area contributed by atoms with Crippen LogP contribution in [0.5, 0.6) is 0 Å². The van der Waals surface area contributed by atoms with Crippen LogP contribution < -0.4 is 0 Å². The smallest absolute Gasteiger partial charge is 0.306 e. The van der Waals surface area contributed by atoms with Crippen molar-refractivity contribution in [2.75, 3.05) is 6.61 Å². The van der Waals surface area contributed by atoms with Gasteiger partial charge in [-0.2, -0.15) is 0 Å². The summed E-state index contributed by atoms with van der Waals surface area (Å²) in [5, 5.41) is 0. The zero-order valence-electron chi connectivity index (χ0n) is 30.4. The number of rotatable bonds is 28. The van der Waals surface area contributed by atoms with Crippen molar-refractivity contribution in [1.82, 2.24) is 0 Å². The van der Waals surface area contributed by atoms with E-state index in [1.807, 2.05) is 0 Å². The van der Waals surface area contributed by atoms with Gasteiger partial charge in [0.15, 0.2) is 0 Å². The number of esters is 2. The van der Waals surface area contributed by atoms with Crippen molar-refractivity contribution in [2.24, 2.45) is 22.7 Å². The van der Waals surface area contributed by atoms with E-state index in [0.29, 0.717) is 49.9 Å². The van der Waals surface area contributed by atoms with Crippen LogP contribution in [0.25, 0.3) is 0 Å². The van der Waals surface area contributed by atoms with Crippen molar-refractivity contribution in [3.63, 3.8) is 0 Å². The minimum Gasteiger partial charge on any atom is -0.466 e. The maximum atomic E-state index is 12.5. The highest BCUT2D eigenvalue weighted by Gasteiger charge is 2.62. The summed E-state index contributed by atoms with van der Waals surface area (Å²) in [4.78, 5) is 36.9. The average molecular weight is 633 g/mol. The molecule has 0 aliphatic heterocycles. The van der Waals surface area contributed by atoms with E-state index in [-0.39, 0.29) is 28.9 Å². The Labute approximate surface area is 278 Å². The molecule has 262 valence electrons. The SMILES string of the molecule is CCCCCC(CCCCC)CCOC(=O)CCCCCCCC(=O)CCCCCCCC(=O)O[C@@H]1C[C@@H]2CC[C@@]1(C)C2(C)C. The fourth-order valence-corrected chi connectivity index (χ4v) is 8.11. The van der Waals surface area contributed by atoms with Crippen LogP contribution in [0, 0.1) is 22.7 Å². The number of carbonyl (C=O) groups is 3. The van der Waals surface area contributed by atoms with Crippen molar-refractivity contribution in [3.05, 3.63) is 0 Å². The molecular formula is C40H72O5. The number of carbonyl (C=O) groups excluding carboxylic acids is 3. The molecular weight excluding hydrogens is 560 g/mol. The number of hydrogen-bond donors (Lipinski definition) is 0. The van der Waals surface area contributed by atoms with Crippen molar-refractivity contribution in [1.29, 1.82) is 0 Å². The predicted molar refractivity (Wildman–Crippen MR) is 186 cm³/mol. The van der Waals surface area contributed by atoms with Gasteiger partial charge in [0.05, 0.1) is 6.61 Å². The molecule has 0 aromatic carbocycles. The van der Waals surface area contributed by atoms with Gasteiger partial charge in [-0.05, 0) is 68.6 Å². The van der Waals surface area contributed by atoms with E-state index in [1.165, 1.54) is 64.2 Å². The molecule has 2 aliphatic rings. The van der Waals surface area contributed by atoms with Gasteiger partial charge >= 0.3 is 11.9 Å². The van der Waals surface area contributed by atoms with E-state index in [1.54, 1.807) is 0 Å². The standard InChI is InChI=1S/C40H72O5/c1-6-8-16-22-33(23-17-9-7-2)29-31-44-37(42)26-20-14-10-12-18-24-35(41)25-19-13-11-15-21-27-38(43)45-36-32-34-28-30-40(36,5)39(34,3)4/h33-34,36H,6-32H2,1-5H3/t34-,36+,40+/m0/s1. The van der Waals surface area contributed by atoms with Crippen LogP contribution in [0.3, 0.4) is 0 Å². The second kappa shape index (κ2) is 22.2. The van der Waals surface area contributed by atoms with E-state index in [0.717, 1.165) is 77.0 Å². The molecule has 0 saturated heterocycles. The lowest BCUT2D eigenvalue weighted by atomic mass is 9.70. The first-order valence-corrected chi connectivity index (χ1v) is 19.5. The fraction of sp³-hybridized carbons (Fsp3) is 0.925. The molecule has 2 saturated carbocycles. The highest BCUT2D eigenvalue weighted by atomic mass is 16.5. The van der Waals surface area contributed by atoms with Gasteiger partial charge in [-0.1, -0.05) is 125 Å². The minimum absolute atomic E-state index is 0.0191. The third-order valence-electron chi connectivity index (χ3n) is 11.9. The van der Waals surface area contributed by atoms with Gasteiger partial charge < -0.3 is 9.47 Å². The van der Waals surface area contributed by atoms with E-state index in [4.69, 9.17) is 9.47 Å². The number of ether oxygens (including phenoxy) is 2. The average Bonchev–Trinajstić information content (AvgIpc) is 3.33. The second-order valence-electron chi connectivity index (χ2n) is 15.5. The predicted octanol–water partition coefficient (Wildman–Crippen LogP) is 11.5. The Bertz CT molecular complexity index is 825. The first-order chi connectivity index (χ1) is 21.6. The molecule has 2 rings (SSSR count). The van der Waals surface area contributed by atoms with Gasteiger partial charge in [0.1, 0.15) is 11.9 Å². The molecule has 0 N–H and O–H groups in total. The first kappa shape index (κ1) is 39.8. The maximum absolute atomic E-state index is 12.5. The molecule has 3 atom stereocenters. The summed E-state index contributed by atoms with van der Waals surface area (Å²) in [5.74, 6) is 1.72. The number of Topliss-reactive ketones (excluding diaryl/α,β-unsaturated/α-hetero) is 1. The second-order valence-corrected chi connectivity index (χ2v) is 15.5. The number of unbranched alkanes of at least 4 members (excludes halogenated alkanes) is 12. The summed E-state index contributed by atoms with van der Waals surface area (Å²) in [6.45, 7) is 12.1. The Morgan fingerprint density at radius 1 is 0.644 bits per heavy atom. The van der Waals surface area contributed by atoms with E-state index in [9.17, 15) is 14.4 Å². The summed E-state index contributed by atoms with van der Waals surface area (Å²) in [6.07, 6.45) is 27.3. The van der Waals surface area contributed by atoms with Crippen molar-refractivity contribution in [2.45, 2.75) is 208 Å². The minimum atomic E-state index is -0.0415. The van der Waals surface area contributed by atoms with Gasteiger partial charge in [-0.3, -0.25) is 14.4 Å². The molecule has 0 unspecified atom stereocenters. The van der Waals surface area contributed by atoms with E-state index >= 15 is 0 Å². The monoisotopic (exact) mass is 633 g/mol. The summed E-state index contributed by atoms with van der Waals surface area (Å²) in [6, 6.07) is 0. The van der Waals surface area contributed by atoms with Crippen LogP contribution in [0.4, 0.5) is 0 Å². The molecule has 0 radical (unpaired) electrons. The quantitative estimate of drug-likeness (QED) is 0.0634. The lowest BCUT2D eigenvalue weighted by Crippen LogP contribution is -2.38. The zero-order chi connectivity index (χ0) is 33.0. The molecule has 45 heavy (non-hydrogen) atoms. The van der Waals surface area contributed by atoms with Gasteiger partial charge in [0.2, 0.25) is 0 Å². The van der Waals surface area contributed by atoms with Crippen LogP contribution in [0.1, 0.15) is 202 Å². The van der Waals surface area contributed by atoms with Crippen molar-refractivity contribution < 1.29 is 23.9 Å². The van der Waals surface area contributed by atoms with Gasteiger partial charge in [0.25, 0.3) is 0 Å². The lowest BCUT2D eigenvalue weighted by molar-refractivity contribution is -0.157.